The van der Waals surface area contributed by atoms with Crippen LogP contribution in [0.4, 0.5) is 17.4 Å². The Bertz CT molecular complexity index is 918. The minimum Gasteiger partial charge on any atom is -0.399 e. The Morgan fingerprint density at radius 3 is 2.62 bits per heavy atom. The van der Waals surface area contributed by atoms with E-state index < -0.39 is 5.91 Å². The maximum absolute atomic E-state index is 12.0. The lowest BCUT2D eigenvalue weighted by Crippen LogP contribution is -2.12. The third-order valence-corrected chi connectivity index (χ3v) is 3.30. The first-order valence-electron chi connectivity index (χ1n) is 6.82. The van der Waals surface area contributed by atoms with E-state index in [1.54, 1.807) is 42.5 Å². The number of hydrogen-bond acceptors (Lipinski definition) is 6. The Morgan fingerprint density at radius 2 is 1.92 bits per heavy atom. The Balaban J connectivity index is 1.70. The van der Waals surface area contributed by atoms with E-state index in [0.717, 1.165) is 0 Å². The van der Waals surface area contributed by atoms with Gasteiger partial charge in [0.25, 0.3) is 0 Å². The first-order chi connectivity index (χ1) is 11.7. The molecule has 24 heavy (non-hydrogen) atoms. The zero-order chi connectivity index (χ0) is 16.9. The molecule has 0 fully saturated rings. The van der Waals surface area contributed by atoms with Crippen molar-refractivity contribution in [3.8, 4) is 6.07 Å². The Hall–Kier alpha value is -3.37. The van der Waals surface area contributed by atoms with Gasteiger partial charge in [0.15, 0.2) is 0 Å². The van der Waals surface area contributed by atoms with Gasteiger partial charge in [-0.25, -0.2) is 0 Å². The molecule has 0 aliphatic carbocycles. The standard InChI is InChI=1S/C16H10ClN5O2/c17-13-8-12(7-6-10(13)9-18)20-16-22-21-15(24-16)14(23)19-11-4-2-1-3-5-11/h1-8H,(H,19,23)(H,20,22). The van der Waals surface area contributed by atoms with Crippen LogP contribution in [0.5, 0.6) is 0 Å². The second kappa shape index (κ2) is 6.81. The summed E-state index contributed by atoms with van der Waals surface area (Å²) in [6.07, 6.45) is 0. The lowest BCUT2D eigenvalue weighted by atomic mass is 10.2. The van der Waals surface area contributed by atoms with Crippen molar-refractivity contribution < 1.29 is 9.21 Å². The van der Waals surface area contributed by atoms with E-state index in [4.69, 9.17) is 21.3 Å². The number of nitriles is 1. The molecule has 1 amide bonds. The number of benzene rings is 2. The van der Waals surface area contributed by atoms with Gasteiger partial charge in [-0.2, -0.15) is 5.26 Å². The van der Waals surface area contributed by atoms with Gasteiger partial charge in [0.05, 0.1) is 10.6 Å². The van der Waals surface area contributed by atoms with Crippen LogP contribution in [0.2, 0.25) is 5.02 Å². The fraction of sp³-hybridized carbons (Fsp3) is 0. The number of carbonyl (C=O) groups excluding carboxylic acids is 1. The van der Waals surface area contributed by atoms with Crippen LogP contribution in [-0.2, 0) is 0 Å². The molecule has 118 valence electrons. The minimum atomic E-state index is -0.514. The highest BCUT2D eigenvalue weighted by molar-refractivity contribution is 6.32. The van der Waals surface area contributed by atoms with Crippen LogP contribution in [0.3, 0.4) is 0 Å². The van der Waals surface area contributed by atoms with Gasteiger partial charge in [-0.3, -0.25) is 4.79 Å². The third kappa shape index (κ3) is 3.51. The smallest absolute Gasteiger partial charge is 0.320 e. The summed E-state index contributed by atoms with van der Waals surface area (Å²) in [5.41, 5.74) is 1.53. The van der Waals surface area contributed by atoms with Gasteiger partial charge in [-0.15, -0.1) is 5.10 Å². The molecule has 1 aromatic heterocycles. The molecule has 3 rings (SSSR count). The first-order valence-corrected chi connectivity index (χ1v) is 7.20. The fourth-order valence-electron chi connectivity index (χ4n) is 1.88. The fourth-order valence-corrected chi connectivity index (χ4v) is 2.10. The molecule has 0 unspecified atom stereocenters. The zero-order valence-corrected chi connectivity index (χ0v) is 12.9. The molecule has 2 N–H and O–H groups in total. The second-order valence-corrected chi connectivity index (χ2v) is 5.07. The van der Waals surface area contributed by atoms with Crippen molar-refractivity contribution in [2.45, 2.75) is 0 Å². The molecule has 3 aromatic rings. The molecule has 0 saturated carbocycles. The first kappa shape index (κ1) is 15.5. The molecule has 7 nitrogen and oxygen atoms in total. The highest BCUT2D eigenvalue weighted by Gasteiger charge is 2.15. The summed E-state index contributed by atoms with van der Waals surface area (Å²) in [7, 11) is 0. The summed E-state index contributed by atoms with van der Waals surface area (Å²) in [4.78, 5) is 12.0. The van der Waals surface area contributed by atoms with Crippen molar-refractivity contribution in [1.82, 2.24) is 10.2 Å². The average Bonchev–Trinajstić information content (AvgIpc) is 3.05. The SMILES string of the molecule is N#Cc1ccc(Nc2nnc(C(=O)Nc3ccccc3)o2)cc1Cl. The molecule has 0 aliphatic heterocycles. The summed E-state index contributed by atoms with van der Waals surface area (Å²) in [6.45, 7) is 0. The zero-order valence-electron chi connectivity index (χ0n) is 12.2. The maximum Gasteiger partial charge on any atom is 0.320 e. The Morgan fingerprint density at radius 1 is 1.12 bits per heavy atom. The molecule has 0 spiro atoms. The Kier molecular flexibility index (Phi) is 4.40. The lowest BCUT2D eigenvalue weighted by molar-refractivity contribution is 0.0991. The number of hydrogen-bond donors (Lipinski definition) is 2. The molecule has 0 aliphatic rings. The van der Waals surface area contributed by atoms with E-state index >= 15 is 0 Å². The van der Waals surface area contributed by atoms with Crippen molar-refractivity contribution in [3.63, 3.8) is 0 Å². The number of nitrogens with zero attached hydrogens (tertiary/aromatic N) is 3. The van der Waals surface area contributed by atoms with E-state index in [1.807, 2.05) is 12.1 Å². The van der Waals surface area contributed by atoms with Gasteiger partial charge in [0.1, 0.15) is 6.07 Å². The largest absolute Gasteiger partial charge is 0.399 e. The number of aromatic nitrogens is 2. The number of nitrogens with one attached hydrogen (secondary N) is 2. The van der Waals surface area contributed by atoms with Gasteiger partial charge >= 0.3 is 17.8 Å². The van der Waals surface area contributed by atoms with Crippen LogP contribution in [0.1, 0.15) is 16.2 Å². The minimum absolute atomic E-state index is 0.0361. The molecular formula is C16H10ClN5O2. The van der Waals surface area contributed by atoms with Crippen LogP contribution in [0.15, 0.2) is 52.9 Å². The summed E-state index contributed by atoms with van der Waals surface area (Å²) < 4.78 is 5.26. The van der Waals surface area contributed by atoms with Crippen LogP contribution >= 0.6 is 11.6 Å². The maximum atomic E-state index is 12.0. The van der Waals surface area contributed by atoms with E-state index in [1.165, 1.54) is 0 Å². The molecule has 0 radical (unpaired) electrons. The number of rotatable bonds is 4. The van der Waals surface area contributed by atoms with Crippen LogP contribution in [0, 0.1) is 11.3 Å². The van der Waals surface area contributed by atoms with Crippen LogP contribution < -0.4 is 10.6 Å². The quantitative estimate of drug-likeness (QED) is 0.752. The molecule has 0 atom stereocenters. The van der Waals surface area contributed by atoms with Crippen molar-refractivity contribution in [1.29, 1.82) is 5.26 Å². The predicted octanol–water partition coefficient (Wildman–Crippen LogP) is 3.59. The van der Waals surface area contributed by atoms with E-state index in [2.05, 4.69) is 20.8 Å². The molecular weight excluding hydrogens is 330 g/mol. The van der Waals surface area contributed by atoms with E-state index in [9.17, 15) is 4.79 Å². The highest BCUT2D eigenvalue weighted by atomic mass is 35.5. The molecule has 8 heteroatoms. The lowest BCUT2D eigenvalue weighted by Gasteiger charge is -2.02. The van der Waals surface area contributed by atoms with Gasteiger partial charge in [0, 0.05) is 11.4 Å². The molecule has 0 saturated heterocycles. The number of para-hydroxylation sites is 1. The van der Waals surface area contributed by atoms with Crippen molar-refractivity contribution in [2.24, 2.45) is 0 Å². The average molecular weight is 340 g/mol. The molecule has 1 heterocycles. The van der Waals surface area contributed by atoms with Gasteiger partial charge in [-0.05, 0) is 30.3 Å². The van der Waals surface area contributed by atoms with Crippen molar-refractivity contribution >= 4 is 34.9 Å². The van der Waals surface area contributed by atoms with E-state index in [0.29, 0.717) is 22.0 Å². The van der Waals surface area contributed by atoms with E-state index in [-0.39, 0.29) is 11.9 Å². The Labute approximate surface area is 141 Å². The summed E-state index contributed by atoms with van der Waals surface area (Å²) in [6, 6.07) is 15.7. The van der Waals surface area contributed by atoms with Gasteiger partial charge in [-0.1, -0.05) is 34.9 Å². The number of halogens is 1. The van der Waals surface area contributed by atoms with Crippen LogP contribution in [-0.4, -0.2) is 16.1 Å². The molecule has 2 aromatic carbocycles. The highest BCUT2D eigenvalue weighted by Crippen LogP contribution is 2.23. The topological polar surface area (TPSA) is 104 Å². The second-order valence-electron chi connectivity index (χ2n) is 4.66. The third-order valence-electron chi connectivity index (χ3n) is 2.99. The van der Waals surface area contributed by atoms with Crippen LogP contribution in [0.25, 0.3) is 0 Å². The number of carbonyl (C=O) groups is 1. The predicted molar refractivity (Wildman–Crippen MR) is 88.1 cm³/mol. The number of anilines is 3. The monoisotopic (exact) mass is 339 g/mol. The van der Waals surface area contributed by atoms with Crippen molar-refractivity contribution in [3.05, 3.63) is 65.0 Å². The summed E-state index contributed by atoms with van der Waals surface area (Å²) in [5, 5.41) is 22.0. The number of amides is 1. The molecule has 0 bridgehead atoms. The van der Waals surface area contributed by atoms with Gasteiger partial charge < -0.3 is 15.1 Å². The van der Waals surface area contributed by atoms with Gasteiger partial charge in [0.2, 0.25) is 0 Å². The summed E-state index contributed by atoms with van der Waals surface area (Å²) >= 11 is 5.95. The summed E-state index contributed by atoms with van der Waals surface area (Å²) in [5.74, 6) is -0.694. The van der Waals surface area contributed by atoms with Crippen molar-refractivity contribution in [2.75, 3.05) is 10.6 Å². The normalized spacial score (nSPS) is 10.0.